The van der Waals surface area contributed by atoms with E-state index in [1.54, 1.807) is 30.3 Å². The minimum absolute atomic E-state index is 0.154. The van der Waals surface area contributed by atoms with E-state index in [1.165, 1.54) is 43.3 Å². The number of halogens is 2. The third-order valence-corrected chi connectivity index (χ3v) is 5.72. The van der Waals surface area contributed by atoms with Crippen LogP contribution in [0.1, 0.15) is 48.4 Å². The number of ether oxygens (including phenoxy) is 1. The van der Waals surface area contributed by atoms with Crippen molar-refractivity contribution in [1.82, 2.24) is 0 Å². The van der Waals surface area contributed by atoms with Crippen LogP contribution in [0, 0.1) is 0 Å². The highest BCUT2D eigenvalue weighted by Crippen LogP contribution is 2.34. The molecule has 1 unspecified atom stereocenters. The van der Waals surface area contributed by atoms with Crippen LogP contribution in [0.5, 0.6) is 0 Å². The standard InChI is InChI=1S/C24H15Cl2NO5/c1-13(21(28)14-5-3-2-4-6-14)32-24(31)15-7-9-16(10-8-15)27-22(29)17-11-19(25)20(26)12-18(17)23(27)30/h2-13H,1H3. The van der Waals surface area contributed by atoms with E-state index in [0.29, 0.717) is 5.56 Å². The first-order chi connectivity index (χ1) is 15.3. The van der Waals surface area contributed by atoms with Crippen LogP contribution in [-0.4, -0.2) is 29.7 Å². The van der Waals surface area contributed by atoms with Gasteiger partial charge in [-0.25, -0.2) is 9.69 Å². The molecule has 1 heterocycles. The first-order valence-corrected chi connectivity index (χ1v) is 10.3. The molecule has 160 valence electrons. The third-order valence-electron chi connectivity index (χ3n) is 5.00. The van der Waals surface area contributed by atoms with Crippen LogP contribution in [0.3, 0.4) is 0 Å². The lowest BCUT2D eigenvalue weighted by Gasteiger charge is -2.15. The maximum Gasteiger partial charge on any atom is 0.338 e. The lowest BCUT2D eigenvalue weighted by Crippen LogP contribution is -2.29. The van der Waals surface area contributed by atoms with Crippen LogP contribution in [-0.2, 0) is 4.74 Å². The van der Waals surface area contributed by atoms with Crippen LogP contribution in [0.2, 0.25) is 10.0 Å². The van der Waals surface area contributed by atoms with Crippen molar-refractivity contribution in [2.24, 2.45) is 0 Å². The number of carbonyl (C=O) groups is 4. The van der Waals surface area contributed by atoms with Crippen LogP contribution < -0.4 is 4.90 Å². The quantitative estimate of drug-likeness (QED) is 0.291. The summed E-state index contributed by atoms with van der Waals surface area (Å²) in [7, 11) is 0. The topological polar surface area (TPSA) is 80.8 Å². The fraction of sp³-hybridized carbons (Fsp3) is 0.0833. The normalized spacial score (nSPS) is 13.7. The maximum absolute atomic E-state index is 12.7. The van der Waals surface area contributed by atoms with E-state index in [9.17, 15) is 19.2 Å². The average molecular weight is 468 g/mol. The van der Waals surface area contributed by atoms with Gasteiger partial charge in [-0.1, -0.05) is 53.5 Å². The first-order valence-electron chi connectivity index (χ1n) is 9.56. The van der Waals surface area contributed by atoms with Gasteiger partial charge in [0.2, 0.25) is 5.78 Å². The van der Waals surface area contributed by atoms with Gasteiger partial charge < -0.3 is 4.74 Å². The zero-order chi connectivity index (χ0) is 23.0. The number of benzene rings is 3. The van der Waals surface area contributed by atoms with Gasteiger partial charge in [0.1, 0.15) is 0 Å². The largest absolute Gasteiger partial charge is 0.451 e. The van der Waals surface area contributed by atoms with Gasteiger partial charge >= 0.3 is 5.97 Å². The molecule has 3 aromatic carbocycles. The van der Waals surface area contributed by atoms with Crippen LogP contribution >= 0.6 is 23.2 Å². The number of esters is 1. The van der Waals surface area contributed by atoms with E-state index < -0.39 is 23.9 Å². The first kappa shape index (κ1) is 21.7. The lowest BCUT2D eigenvalue weighted by atomic mass is 10.1. The summed E-state index contributed by atoms with van der Waals surface area (Å²) in [5.74, 6) is -2.10. The van der Waals surface area contributed by atoms with E-state index in [1.807, 2.05) is 0 Å². The molecule has 3 aromatic rings. The van der Waals surface area contributed by atoms with Crippen molar-refractivity contribution in [3.05, 3.63) is 99.0 Å². The zero-order valence-corrected chi connectivity index (χ0v) is 18.2. The molecule has 32 heavy (non-hydrogen) atoms. The molecule has 0 bridgehead atoms. The van der Waals surface area contributed by atoms with Crippen molar-refractivity contribution in [3.8, 4) is 0 Å². The third kappa shape index (κ3) is 3.90. The van der Waals surface area contributed by atoms with E-state index in [4.69, 9.17) is 27.9 Å². The Balaban J connectivity index is 1.50. The molecule has 0 saturated carbocycles. The van der Waals surface area contributed by atoms with Gasteiger partial charge in [0, 0.05) is 5.56 Å². The molecule has 0 fully saturated rings. The van der Waals surface area contributed by atoms with Crippen molar-refractivity contribution in [1.29, 1.82) is 0 Å². The highest BCUT2D eigenvalue weighted by Gasteiger charge is 2.37. The predicted molar refractivity (Wildman–Crippen MR) is 120 cm³/mol. The summed E-state index contributed by atoms with van der Waals surface area (Å²) in [6, 6.07) is 17.0. The van der Waals surface area contributed by atoms with Crippen molar-refractivity contribution in [3.63, 3.8) is 0 Å². The summed E-state index contributed by atoms with van der Waals surface area (Å²) < 4.78 is 5.27. The van der Waals surface area contributed by atoms with Crippen LogP contribution in [0.15, 0.2) is 66.7 Å². The molecule has 0 aliphatic carbocycles. The Hall–Kier alpha value is -3.48. The molecule has 0 N–H and O–H groups in total. The molecular formula is C24H15Cl2NO5. The second kappa shape index (κ2) is 8.57. The molecule has 0 aromatic heterocycles. The molecular weight excluding hydrogens is 453 g/mol. The summed E-state index contributed by atoms with van der Waals surface area (Å²) in [6.45, 7) is 1.50. The van der Waals surface area contributed by atoms with Crippen molar-refractivity contribution in [2.45, 2.75) is 13.0 Å². The Kier molecular flexibility index (Phi) is 5.82. The van der Waals surface area contributed by atoms with Gasteiger partial charge in [-0.2, -0.15) is 0 Å². The van der Waals surface area contributed by atoms with E-state index >= 15 is 0 Å². The molecule has 2 amide bonds. The highest BCUT2D eigenvalue weighted by atomic mass is 35.5. The molecule has 1 atom stereocenters. The highest BCUT2D eigenvalue weighted by molar-refractivity contribution is 6.44. The number of amides is 2. The Morgan fingerprint density at radius 3 is 1.88 bits per heavy atom. The summed E-state index contributed by atoms with van der Waals surface area (Å²) >= 11 is 11.9. The Bertz CT molecular complexity index is 1210. The van der Waals surface area contributed by atoms with E-state index in [0.717, 1.165) is 4.90 Å². The lowest BCUT2D eigenvalue weighted by molar-refractivity contribution is 0.0319. The predicted octanol–water partition coefficient (Wildman–Crippen LogP) is 5.22. The maximum atomic E-state index is 12.7. The van der Waals surface area contributed by atoms with Crippen molar-refractivity contribution >= 4 is 52.5 Å². The molecule has 6 nitrogen and oxygen atoms in total. The number of nitrogens with zero attached hydrogens (tertiary/aromatic N) is 1. The Labute approximate surface area is 193 Å². The minimum Gasteiger partial charge on any atom is -0.451 e. The molecule has 8 heteroatoms. The fourth-order valence-electron chi connectivity index (χ4n) is 3.33. The average Bonchev–Trinajstić information content (AvgIpc) is 3.03. The monoisotopic (exact) mass is 467 g/mol. The second-order valence-corrected chi connectivity index (χ2v) is 7.90. The summed E-state index contributed by atoms with van der Waals surface area (Å²) in [5.41, 5.74) is 1.19. The van der Waals surface area contributed by atoms with E-state index in [2.05, 4.69) is 0 Å². The van der Waals surface area contributed by atoms with Gasteiger partial charge in [0.25, 0.3) is 11.8 Å². The number of anilines is 1. The number of rotatable bonds is 5. The number of ketones is 1. The smallest absolute Gasteiger partial charge is 0.338 e. The number of imide groups is 1. The molecule has 0 spiro atoms. The van der Waals surface area contributed by atoms with Gasteiger partial charge in [0.05, 0.1) is 32.4 Å². The summed E-state index contributed by atoms with van der Waals surface area (Å²) in [4.78, 5) is 51.3. The van der Waals surface area contributed by atoms with Gasteiger partial charge in [-0.15, -0.1) is 0 Å². The molecule has 0 radical (unpaired) electrons. The molecule has 1 aliphatic rings. The number of fused-ring (bicyclic) bond motifs is 1. The number of hydrogen-bond donors (Lipinski definition) is 0. The summed E-state index contributed by atoms with van der Waals surface area (Å²) in [6.07, 6.45) is -0.977. The molecule has 4 rings (SSSR count). The van der Waals surface area contributed by atoms with Gasteiger partial charge in [-0.05, 0) is 43.3 Å². The number of carbonyl (C=O) groups excluding carboxylic acids is 4. The number of hydrogen-bond acceptors (Lipinski definition) is 5. The van der Waals surface area contributed by atoms with Gasteiger partial charge in [0.15, 0.2) is 6.10 Å². The molecule has 0 saturated heterocycles. The Morgan fingerprint density at radius 2 is 1.34 bits per heavy atom. The second-order valence-electron chi connectivity index (χ2n) is 7.08. The van der Waals surface area contributed by atoms with Crippen LogP contribution in [0.25, 0.3) is 0 Å². The summed E-state index contributed by atoms with van der Waals surface area (Å²) in [5, 5.41) is 0.344. The van der Waals surface area contributed by atoms with Crippen LogP contribution in [0.4, 0.5) is 5.69 Å². The van der Waals surface area contributed by atoms with Crippen molar-refractivity contribution in [2.75, 3.05) is 4.90 Å². The SMILES string of the molecule is CC(OC(=O)c1ccc(N2C(=O)c3cc(Cl)c(Cl)cc3C2=O)cc1)C(=O)c1ccccc1. The fourth-order valence-corrected chi connectivity index (χ4v) is 3.66. The Morgan fingerprint density at radius 1 is 0.812 bits per heavy atom. The van der Waals surface area contributed by atoms with Crippen molar-refractivity contribution < 1.29 is 23.9 Å². The van der Waals surface area contributed by atoms with E-state index in [-0.39, 0.29) is 38.2 Å². The van der Waals surface area contributed by atoms with Gasteiger partial charge in [-0.3, -0.25) is 14.4 Å². The number of Topliss-reactive ketones (excluding diaryl/α,β-unsaturated/α-hetero) is 1. The minimum atomic E-state index is -0.977. The zero-order valence-electron chi connectivity index (χ0n) is 16.7. The molecule has 1 aliphatic heterocycles.